The highest BCUT2D eigenvalue weighted by Crippen LogP contribution is 2.32. The summed E-state index contributed by atoms with van der Waals surface area (Å²) in [5, 5.41) is 3.73. The minimum Gasteiger partial charge on any atom is -0.312 e. The lowest BCUT2D eigenvalue weighted by Crippen LogP contribution is -2.59. The summed E-state index contributed by atoms with van der Waals surface area (Å²) in [6.45, 7) is 5.81. The van der Waals surface area contributed by atoms with Gasteiger partial charge in [0.1, 0.15) is 0 Å². The first-order chi connectivity index (χ1) is 8.86. The lowest BCUT2D eigenvalue weighted by atomic mass is 9.77. The monoisotopic (exact) mass is 404 g/mol. The number of nitrogens with zero attached hydrogens (tertiary/aromatic N) is 1. The van der Waals surface area contributed by atoms with Crippen LogP contribution in [0.25, 0.3) is 0 Å². The van der Waals surface area contributed by atoms with Crippen molar-refractivity contribution < 1.29 is 0 Å². The first-order valence-corrected chi connectivity index (χ1v) is 7.38. The first-order valence-electron chi connectivity index (χ1n) is 7.38. The Morgan fingerprint density at radius 1 is 1.15 bits per heavy atom. The van der Waals surface area contributed by atoms with Crippen molar-refractivity contribution >= 4 is 34.0 Å². The van der Waals surface area contributed by atoms with Crippen LogP contribution >= 0.6 is 34.0 Å². The van der Waals surface area contributed by atoms with Gasteiger partial charge >= 0.3 is 0 Å². The number of benzene rings is 1. The van der Waals surface area contributed by atoms with E-state index < -0.39 is 0 Å². The maximum absolute atomic E-state index is 3.73. The van der Waals surface area contributed by atoms with Crippen molar-refractivity contribution in [2.45, 2.75) is 44.8 Å². The molecule has 114 valence electrons. The smallest absolute Gasteiger partial charge is 0.0255 e. The quantitative estimate of drug-likeness (QED) is 0.819. The van der Waals surface area contributed by atoms with Crippen molar-refractivity contribution in [1.29, 1.82) is 0 Å². The number of hydrogen-bond donors (Lipinski definition) is 1. The second-order valence-electron chi connectivity index (χ2n) is 5.81. The van der Waals surface area contributed by atoms with Crippen molar-refractivity contribution in [2.75, 3.05) is 13.1 Å². The van der Waals surface area contributed by atoms with E-state index in [0.717, 1.165) is 31.1 Å². The molecule has 0 amide bonds. The van der Waals surface area contributed by atoms with E-state index >= 15 is 0 Å². The predicted molar refractivity (Wildman–Crippen MR) is 96.1 cm³/mol. The lowest BCUT2D eigenvalue weighted by Gasteiger charge is -2.47. The van der Waals surface area contributed by atoms with Crippen LogP contribution in [0.5, 0.6) is 0 Å². The number of fused-ring (bicyclic) bond motifs is 3. The van der Waals surface area contributed by atoms with E-state index in [1.165, 1.54) is 31.4 Å². The number of likely N-dealkylation sites (N-methyl/N-ethyl adjacent to an activating group) is 1. The Kier molecular flexibility index (Phi) is 7.73. The van der Waals surface area contributed by atoms with Gasteiger partial charge in [0, 0.05) is 18.6 Å². The zero-order valence-corrected chi connectivity index (χ0v) is 15.6. The molecule has 3 unspecified atom stereocenters. The second-order valence-corrected chi connectivity index (χ2v) is 5.81. The zero-order valence-electron chi connectivity index (χ0n) is 12.1. The normalized spacial score (nSPS) is 27.8. The van der Waals surface area contributed by atoms with Crippen LogP contribution in [0.2, 0.25) is 0 Å². The summed E-state index contributed by atoms with van der Waals surface area (Å²) < 4.78 is 0. The van der Waals surface area contributed by atoms with Gasteiger partial charge in [-0.3, -0.25) is 4.90 Å². The Morgan fingerprint density at radius 2 is 1.90 bits per heavy atom. The third kappa shape index (κ3) is 4.06. The molecule has 0 radical (unpaired) electrons. The summed E-state index contributed by atoms with van der Waals surface area (Å²) in [6, 6.07) is 12.4. The van der Waals surface area contributed by atoms with Gasteiger partial charge in [-0.1, -0.05) is 37.3 Å². The highest BCUT2D eigenvalue weighted by atomic mass is 79.9. The molecule has 1 saturated carbocycles. The van der Waals surface area contributed by atoms with E-state index in [1.807, 2.05) is 0 Å². The van der Waals surface area contributed by atoms with E-state index in [1.54, 1.807) is 0 Å². The molecule has 0 spiro atoms. The summed E-state index contributed by atoms with van der Waals surface area (Å²) in [6.07, 6.45) is 4.22. The van der Waals surface area contributed by atoms with Gasteiger partial charge in [-0.2, -0.15) is 0 Å². The Bertz CT molecular complexity index is 377. The van der Waals surface area contributed by atoms with Gasteiger partial charge < -0.3 is 5.32 Å². The Morgan fingerprint density at radius 3 is 2.40 bits per heavy atom. The first kappa shape index (κ1) is 18.1. The Hall–Kier alpha value is 0.1000. The largest absolute Gasteiger partial charge is 0.312 e. The van der Waals surface area contributed by atoms with Crippen molar-refractivity contribution in [3.8, 4) is 0 Å². The summed E-state index contributed by atoms with van der Waals surface area (Å²) >= 11 is 0. The van der Waals surface area contributed by atoms with Gasteiger partial charge in [0.15, 0.2) is 0 Å². The zero-order chi connectivity index (χ0) is 12.4. The molecule has 4 rings (SSSR count). The molecule has 2 heterocycles. The number of hydrogen-bond acceptors (Lipinski definition) is 2. The Labute approximate surface area is 143 Å². The van der Waals surface area contributed by atoms with Crippen molar-refractivity contribution in [3.63, 3.8) is 0 Å². The fraction of sp³-hybridized carbons (Fsp3) is 0.625. The van der Waals surface area contributed by atoms with Gasteiger partial charge in [0.05, 0.1) is 0 Å². The maximum atomic E-state index is 3.73. The third-order valence-electron chi connectivity index (χ3n) is 4.70. The number of halogens is 2. The molecule has 1 N–H and O–H groups in total. The van der Waals surface area contributed by atoms with E-state index in [9.17, 15) is 0 Å². The van der Waals surface area contributed by atoms with Crippen molar-refractivity contribution in [3.05, 3.63) is 35.9 Å². The van der Waals surface area contributed by atoms with Crippen LogP contribution in [0, 0.1) is 5.92 Å². The topological polar surface area (TPSA) is 15.3 Å². The van der Waals surface area contributed by atoms with Crippen LogP contribution in [-0.4, -0.2) is 30.1 Å². The molecule has 2 nitrogen and oxygen atoms in total. The maximum Gasteiger partial charge on any atom is 0.0255 e. The van der Waals surface area contributed by atoms with E-state index in [2.05, 4.69) is 47.5 Å². The standard InChI is InChI=1S/C16H24N2.2BrH/c1-2-18(12-13-6-4-3-5-7-13)16-10-14-8-9-15(16)17-11-14;;/h3-7,14-17H,2,8-12H2,1H3;2*1H. The average Bonchev–Trinajstić information content (AvgIpc) is 2.47. The minimum absolute atomic E-state index is 0. The van der Waals surface area contributed by atoms with Crippen LogP contribution in [-0.2, 0) is 6.54 Å². The molecule has 0 aromatic heterocycles. The van der Waals surface area contributed by atoms with Crippen LogP contribution < -0.4 is 5.32 Å². The molecule has 1 aromatic carbocycles. The SMILES string of the molecule is Br.Br.CCN(Cc1ccccc1)C1CC2CCC1NC2. The molecule has 3 fully saturated rings. The van der Waals surface area contributed by atoms with Crippen LogP contribution in [0.3, 0.4) is 0 Å². The van der Waals surface area contributed by atoms with Gasteiger partial charge in [-0.05, 0) is 43.8 Å². The lowest BCUT2D eigenvalue weighted by molar-refractivity contribution is 0.0603. The molecule has 3 atom stereocenters. The van der Waals surface area contributed by atoms with E-state index in [-0.39, 0.29) is 34.0 Å². The number of nitrogens with one attached hydrogen (secondary N) is 1. The van der Waals surface area contributed by atoms with Crippen molar-refractivity contribution in [2.24, 2.45) is 5.92 Å². The van der Waals surface area contributed by atoms with Gasteiger partial charge in [0.2, 0.25) is 0 Å². The summed E-state index contributed by atoms with van der Waals surface area (Å²) in [4.78, 5) is 2.66. The molecule has 20 heavy (non-hydrogen) atoms. The molecule has 2 aliphatic heterocycles. The minimum atomic E-state index is 0. The van der Waals surface area contributed by atoms with E-state index in [0.29, 0.717) is 0 Å². The van der Waals surface area contributed by atoms with Crippen molar-refractivity contribution in [1.82, 2.24) is 10.2 Å². The average molecular weight is 406 g/mol. The highest BCUT2D eigenvalue weighted by Gasteiger charge is 2.37. The molecular weight excluding hydrogens is 380 g/mol. The summed E-state index contributed by atoms with van der Waals surface area (Å²) in [5.41, 5.74) is 1.45. The molecule has 3 aliphatic rings. The van der Waals surface area contributed by atoms with Gasteiger partial charge in [-0.25, -0.2) is 0 Å². The second kappa shape index (κ2) is 8.52. The molecule has 1 aromatic rings. The van der Waals surface area contributed by atoms with Gasteiger partial charge in [0.25, 0.3) is 0 Å². The summed E-state index contributed by atoms with van der Waals surface area (Å²) in [5.74, 6) is 0.921. The predicted octanol–water partition coefficient (Wildman–Crippen LogP) is 3.80. The molecule has 1 aliphatic carbocycles. The van der Waals surface area contributed by atoms with Crippen LogP contribution in [0.15, 0.2) is 30.3 Å². The molecule has 2 saturated heterocycles. The number of rotatable bonds is 4. The van der Waals surface area contributed by atoms with Crippen LogP contribution in [0.1, 0.15) is 31.7 Å². The summed E-state index contributed by atoms with van der Waals surface area (Å²) in [7, 11) is 0. The van der Waals surface area contributed by atoms with Crippen LogP contribution in [0.4, 0.5) is 0 Å². The molecule has 4 heteroatoms. The third-order valence-corrected chi connectivity index (χ3v) is 4.70. The Balaban J connectivity index is 0.000001000. The highest BCUT2D eigenvalue weighted by molar-refractivity contribution is 8.93. The molecular formula is C16H26Br2N2. The molecule has 2 bridgehead atoms. The fourth-order valence-electron chi connectivity index (χ4n) is 3.66. The van der Waals surface area contributed by atoms with E-state index in [4.69, 9.17) is 0 Å². The number of piperidine rings is 2. The fourth-order valence-corrected chi connectivity index (χ4v) is 3.66. The van der Waals surface area contributed by atoms with Gasteiger partial charge in [-0.15, -0.1) is 34.0 Å².